The lowest BCUT2D eigenvalue weighted by Gasteiger charge is -2.11. The van der Waals surface area contributed by atoms with E-state index in [2.05, 4.69) is 0 Å². The molecule has 1 aliphatic rings. The first-order valence-corrected chi connectivity index (χ1v) is 11.2. The van der Waals surface area contributed by atoms with E-state index in [0.29, 0.717) is 25.2 Å². The maximum absolute atomic E-state index is 12.8. The number of benzene rings is 3. The summed E-state index contributed by atoms with van der Waals surface area (Å²) < 4.78 is 11.0. The van der Waals surface area contributed by atoms with Crippen LogP contribution in [-0.4, -0.2) is 29.0 Å². The number of ether oxygens (including phenoxy) is 2. The van der Waals surface area contributed by atoms with Crippen LogP contribution >= 0.6 is 0 Å². The van der Waals surface area contributed by atoms with E-state index in [4.69, 9.17) is 15.2 Å². The Balaban J connectivity index is 1.34. The second kappa shape index (κ2) is 10.8. The molecule has 0 unspecified atom stereocenters. The third-order valence-corrected chi connectivity index (χ3v) is 5.76. The van der Waals surface area contributed by atoms with Gasteiger partial charge in [-0.25, -0.2) is 4.79 Å². The topological polar surface area (TPSA) is 98.8 Å². The van der Waals surface area contributed by atoms with E-state index in [1.54, 1.807) is 0 Å². The quantitative estimate of drug-likeness (QED) is 0.352. The minimum Gasteiger partial charge on any atom is -0.507 e. The van der Waals surface area contributed by atoms with Crippen LogP contribution in [0.1, 0.15) is 23.1 Å². The van der Waals surface area contributed by atoms with E-state index in [1.807, 2.05) is 84.9 Å². The molecular weight excluding hydrogens is 430 g/mol. The number of carbonyl (C=O) groups is 2. The normalized spacial score (nSPS) is 16.3. The van der Waals surface area contributed by atoms with Gasteiger partial charge in [-0.3, -0.25) is 4.79 Å². The van der Waals surface area contributed by atoms with Crippen molar-refractivity contribution < 1.29 is 24.2 Å². The van der Waals surface area contributed by atoms with Gasteiger partial charge in [0.25, 0.3) is 0 Å². The monoisotopic (exact) mass is 457 g/mol. The van der Waals surface area contributed by atoms with E-state index in [-0.39, 0.29) is 17.8 Å². The Labute approximate surface area is 198 Å². The van der Waals surface area contributed by atoms with Gasteiger partial charge in [-0.2, -0.15) is 0 Å². The smallest absolute Gasteiger partial charge is 0.346 e. The highest BCUT2D eigenvalue weighted by molar-refractivity contribution is 6.20. The number of Topliss-reactive ketones (excluding diaryl/α,β-unsaturated/α-hetero) is 1. The van der Waals surface area contributed by atoms with Gasteiger partial charge in [0.15, 0.2) is 17.6 Å². The van der Waals surface area contributed by atoms with Crippen molar-refractivity contribution in [2.24, 2.45) is 5.73 Å². The Kier molecular flexibility index (Phi) is 7.40. The van der Waals surface area contributed by atoms with Crippen molar-refractivity contribution in [2.75, 3.05) is 0 Å². The molecule has 6 nitrogen and oxygen atoms in total. The molecule has 0 amide bonds. The van der Waals surface area contributed by atoms with Crippen LogP contribution in [0.2, 0.25) is 0 Å². The van der Waals surface area contributed by atoms with Gasteiger partial charge in [-0.05, 0) is 48.1 Å². The summed E-state index contributed by atoms with van der Waals surface area (Å²) in [4.78, 5) is 25.2. The molecule has 4 rings (SSSR count). The van der Waals surface area contributed by atoms with E-state index in [0.717, 1.165) is 16.7 Å². The van der Waals surface area contributed by atoms with Crippen molar-refractivity contribution in [3.8, 4) is 5.75 Å². The van der Waals surface area contributed by atoms with Gasteiger partial charge in [0.1, 0.15) is 17.9 Å². The van der Waals surface area contributed by atoms with E-state index in [1.165, 1.54) is 0 Å². The molecule has 2 atom stereocenters. The van der Waals surface area contributed by atoms with Gasteiger partial charge in [0, 0.05) is 0 Å². The largest absolute Gasteiger partial charge is 0.507 e. The molecule has 3 aromatic carbocycles. The summed E-state index contributed by atoms with van der Waals surface area (Å²) in [6.45, 7) is 0.458. The van der Waals surface area contributed by atoms with E-state index >= 15 is 0 Å². The summed E-state index contributed by atoms with van der Waals surface area (Å²) >= 11 is 0. The molecule has 3 N–H and O–H groups in total. The highest BCUT2D eigenvalue weighted by atomic mass is 16.6. The maximum Gasteiger partial charge on any atom is 0.346 e. The molecule has 0 bridgehead atoms. The first-order chi connectivity index (χ1) is 16.5. The second-order valence-electron chi connectivity index (χ2n) is 8.27. The summed E-state index contributed by atoms with van der Waals surface area (Å²) in [6.07, 6.45) is 0.379. The third kappa shape index (κ3) is 5.71. The molecule has 0 aromatic heterocycles. The standard InChI is InChI=1S/C28H27NO5/c29-23(17-20-11-14-22(15-12-20)33-18-21-9-5-2-6-10-21)26(30)25-27(31)24(34-28(25)32)16-13-19-7-3-1-4-8-19/h1-12,14-15,23-24,31H,13,16-18,29H2/t23-,24+/m1/s1. The Morgan fingerprint density at radius 1 is 0.912 bits per heavy atom. The molecule has 0 spiro atoms. The summed E-state index contributed by atoms with van der Waals surface area (Å²) in [6, 6.07) is 25.8. The van der Waals surface area contributed by atoms with Crippen molar-refractivity contribution in [2.45, 2.75) is 38.0 Å². The number of esters is 1. The molecular formula is C28H27NO5. The van der Waals surface area contributed by atoms with Gasteiger partial charge in [0.2, 0.25) is 0 Å². The fraction of sp³-hybridized carbons (Fsp3) is 0.214. The lowest BCUT2D eigenvalue weighted by Crippen LogP contribution is -2.35. The average molecular weight is 458 g/mol. The van der Waals surface area contributed by atoms with Gasteiger partial charge >= 0.3 is 5.97 Å². The molecule has 1 heterocycles. The van der Waals surface area contributed by atoms with Crippen LogP contribution in [0.3, 0.4) is 0 Å². The first-order valence-electron chi connectivity index (χ1n) is 11.2. The highest BCUT2D eigenvalue weighted by Gasteiger charge is 2.39. The fourth-order valence-corrected chi connectivity index (χ4v) is 3.87. The number of rotatable bonds is 10. The number of aliphatic hydroxyl groups is 1. The zero-order valence-corrected chi connectivity index (χ0v) is 18.7. The van der Waals surface area contributed by atoms with Gasteiger partial charge in [-0.15, -0.1) is 0 Å². The number of aliphatic hydroxyl groups excluding tert-OH is 1. The molecule has 0 saturated heterocycles. The second-order valence-corrected chi connectivity index (χ2v) is 8.27. The Morgan fingerprint density at radius 2 is 1.53 bits per heavy atom. The SMILES string of the molecule is N[C@H](Cc1ccc(OCc2ccccc2)cc1)C(=O)C1=C(O)[C@H](CCc2ccccc2)OC1=O. The third-order valence-electron chi connectivity index (χ3n) is 5.76. The van der Waals surface area contributed by atoms with Crippen molar-refractivity contribution in [1.29, 1.82) is 0 Å². The van der Waals surface area contributed by atoms with Crippen LogP contribution in [0.25, 0.3) is 0 Å². The van der Waals surface area contributed by atoms with Crippen molar-refractivity contribution in [1.82, 2.24) is 0 Å². The predicted octanol–water partition coefficient (Wildman–Crippen LogP) is 4.07. The van der Waals surface area contributed by atoms with Crippen molar-refractivity contribution in [3.63, 3.8) is 0 Å². The lowest BCUT2D eigenvalue weighted by atomic mass is 9.96. The molecule has 0 radical (unpaired) electrons. The summed E-state index contributed by atoms with van der Waals surface area (Å²) in [5.74, 6) is -1.06. The van der Waals surface area contributed by atoms with Gasteiger partial charge in [-0.1, -0.05) is 72.8 Å². The van der Waals surface area contributed by atoms with Crippen LogP contribution in [0, 0.1) is 0 Å². The zero-order chi connectivity index (χ0) is 23.9. The van der Waals surface area contributed by atoms with Crippen LogP contribution in [0.15, 0.2) is 96.3 Å². The molecule has 6 heteroatoms. The minimum absolute atomic E-state index is 0.219. The van der Waals surface area contributed by atoms with E-state index in [9.17, 15) is 14.7 Å². The minimum atomic E-state index is -0.978. The van der Waals surface area contributed by atoms with Crippen LogP contribution in [0.4, 0.5) is 0 Å². The lowest BCUT2D eigenvalue weighted by molar-refractivity contribution is -0.141. The van der Waals surface area contributed by atoms with Crippen molar-refractivity contribution in [3.05, 3.63) is 113 Å². The van der Waals surface area contributed by atoms with Crippen molar-refractivity contribution >= 4 is 11.8 Å². The summed E-state index contributed by atoms with van der Waals surface area (Å²) in [5.41, 5.74) is 8.70. The number of nitrogens with two attached hydrogens (primary N) is 1. The summed E-state index contributed by atoms with van der Waals surface area (Å²) in [5, 5.41) is 10.5. The molecule has 3 aromatic rings. The van der Waals surface area contributed by atoms with Crippen LogP contribution < -0.4 is 10.5 Å². The number of cyclic esters (lactones) is 1. The number of carbonyl (C=O) groups excluding carboxylic acids is 2. The number of hydrogen-bond acceptors (Lipinski definition) is 6. The fourth-order valence-electron chi connectivity index (χ4n) is 3.87. The van der Waals surface area contributed by atoms with Gasteiger partial charge < -0.3 is 20.3 Å². The maximum atomic E-state index is 12.8. The first kappa shape index (κ1) is 23.3. The summed E-state index contributed by atoms with van der Waals surface area (Å²) in [7, 11) is 0. The van der Waals surface area contributed by atoms with Crippen LogP contribution in [0.5, 0.6) is 5.75 Å². The van der Waals surface area contributed by atoms with Crippen LogP contribution in [-0.2, 0) is 33.8 Å². The average Bonchev–Trinajstić information content (AvgIpc) is 3.15. The molecule has 1 aliphatic heterocycles. The number of aryl methyl sites for hydroxylation is 1. The van der Waals surface area contributed by atoms with Gasteiger partial charge in [0.05, 0.1) is 6.04 Å². The number of hydrogen-bond donors (Lipinski definition) is 2. The predicted molar refractivity (Wildman–Crippen MR) is 128 cm³/mol. The molecule has 0 saturated carbocycles. The molecule has 0 fully saturated rings. The zero-order valence-electron chi connectivity index (χ0n) is 18.7. The Bertz CT molecular complexity index is 1160. The Morgan fingerprint density at radius 3 is 2.18 bits per heavy atom. The molecule has 0 aliphatic carbocycles. The molecule has 34 heavy (non-hydrogen) atoms. The highest BCUT2D eigenvalue weighted by Crippen LogP contribution is 2.26. The Hall–Kier alpha value is -3.90. The number of ketones is 1. The molecule has 174 valence electrons. The van der Waals surface area contributed by atoms with E-state index < -0.39 is 23.9 Å².